The van der Waals surface area contributed by atoms with Gasteiger partial charge in [-0.25, -0.2) is 9.78 Å². The number of oxazole rings is 1. The standard InChI is InChI=1S/C71H110N18O28/c1-5-34(2)55(86-48(93)28-74)68(111)80-35(3)61(104)78-31-51-87-57(45(116-51)26-37-12-7-6-8-13-37)69(112)85-40(17-16-38(27-73)115-71-60(103)59(102)58(101)46(33-90)117-71)63(106)77-30-49(94)81-42(19-22-53(97)98)65(108)83-41(18-21-47(75)92)64(107)79-32-52(96)89-25-11-15-44(89)67(110)84-39(14-9-10-24-72)62(105)76-29-50(95)82-43(20-23-54(99)100)66(109)88-56(36(4)91)70(113)114/h6-8,12-13,34-36,38-44,46,55-56,58-60,71,90-91,101-103H,5,9-11,14-33,72-74H2,1-4H3,(H2,75,92)(H,76,105)(H,77,106)(H,78,104)(H,79,107)(H,80,111)(H,81,94)(H,82,95)(H,83,108)(H,84,110)(H,85,112)(H,86,93)(H,88,109)(H,97,98)(H,99,100)(H,113,114)/t34-,35-,36+,38+,39-,40-,41-,42-,43-,44-,46+,55-,56-,58-,59-,60+,71+/m0/s1. The monoisotopic (exact) mass is 1660 g/mol. The number of ether oxygens (including phenoxy) is 2. The molecule has 117 heavy (non-hydrogen) atoms. The number of nitrogens with two attached hydrogens (primary N) is 4. The second-order valence-corrected chi connectivity index (χ2v) is 27.9. The van der Waals surface area contributed by atoms with Crippen molar-refractivity contribution in [3.8, 4) is 0 Å². The molecule has 17 atom stereocenters. The molecule has 2 fully saturated rings. The molecular formula is C71H110N18O28. The molecule has 14 amide bonds. The van der Waals surface area contributed by atoms with Crippen molar-refractivity contribution in [1.82, 2.24) is 73.7 Å². The van der Waals surface area contributed by atoms with E-state index in [0.717, 1.165) is 11.8 Å². The molecule has 0 bridgehead atoms. The highest BCUT2D eigenvalue weighted by molar-refractivity contribution is 6.00. The summed E-state index contributed by atoms with van der Waals surface area (Å²) < 4.78 is 17.3. The molecular weight excluding hydrogens is 1550 g/mol. The summed E-state index contributed by atoms with van der Waals surface area (Å²) in [6.07, 6.45) is -14.9. The maximum atomic E-state index is 14.6. The van der Waals surface area contributed by atoms with Crippen molar-refractivity contribution >= 4 is 101 Å². The van der Waals surface area contributed by atoms with Gasteiger partial charge in [-0.15, -0.1) is 0 Å². The summed E-state index contributed by atoms with van der Waals surface area (Å²) in [5, 5.41) is 108. The fourth-order valence-corrected chi connectivity index (χ4v) is 12.0. The van der Waals surface area contributed by atoms with Crippen LogP contribution in [0.25, 0.3) is 0 Å². The van der Waals surface area contributed by atoms with E-state index in [1.165, 1.54) is 6.92 Å². The van der Waals surface area contributed by atoms with Gasteiger partial charge < -0.3 is 146 Å². The summed E-state index contributed by atoms with van der Waals surface area (Å²) in [6.45, 7) is 1.18. The quantitative estimate of drug-likeness (QED) is 0.0274. The second-order valence-electron chi connectivity index (χ2n) is 27.9. The number of primary amides is 1. The molecule has 1 aromatic carbocycles. The van der Waals surface area contributed by atoms with E-state index in [9.17, 15) is 122 Å². The lowest BCUT2D eigenvalue weighted by Crippen LogP contribution is -2.60. The van der Waals surface area contributed by atoms with Crippen LogP contribution in [0.5, 0.6) is 0 Å². The zero-order valence-electron chi connectivity index (χ0n) is 65.1. The molecule has 2 aromatic rings. The third kappa shape index (κ3) is 32.9. The largest absolute Gasteiger partial charge is 0.481 e. The van der Waals surface area contributed by atoms with E-state index in [-0.39, 0.29) is 69.2 Å². The number of amides is 14. The number of rotatable bonds is 52. The Morgan fingerprint density at radius 2 is 1.16 bits per heavy atom. The van der Waals surface area contributed by atoms with Gasteiger partial charge in [-0.1, -0.05) is 50.6 Å². The zero-order chi connectivity index (χ0) is 87.3. The van der Waals surface area contributed by atoms with Crippen LogP contribution in [0.15, 0.2) is 34.7 Å². The van der Waals surface area contributed by atoms with Crippen LogP contribution in [0.4, 0.5) is 0 Å². The van der Waals surface area contributed by atoms with E-state index >= 15 is 0 Å². The average Bonchev–Trinajstić information content (AvgIpc) is 1.81. The van der Waals surface area contributed by atoms with E-state index in [2.05, 4.69) is 63.5 Å². The molecule has 2 aliphatic heterocycles. The predicted molar refractivity (Wildman–Crippen MR) is 402 cm³/mol. The van der Waals surface area contributed by atoms with Gasteiger partial charge >= 0.3 is 17.9 Å². The second kappa shape index (κ2) is 49.8. The molecule has 46 heteroatoms. The van der Waals surface area contributed by atoms with Crippen molar-refractivity contribution in [1.29, 1.82) is 0 Å². The Labute approximate surface area is 670 Å². The summed E-state index contributed by atoms with van der Waals surface area (Å²) >= 11 is 0. The molecule has 0 radical (unpaired) electrons. The fourth-order valence-electron chi connectivity index (χ4n) is 12.0. The molecule has 4 rings (SSSR count). The number of carbonyl (C=O) groups excluding carboxylic acids is 14. The first-order chi connectivity index (χ1) is 55.4. The van der Waals surface area contributed by atoms with Crippen LogP contribution in [0.1, 0.15) is 145 Å². The van der Waals surface area contributed by atoms with Crippen molar-refractivity contribution in [2.24, 2.45) is 28.9 Å². The Balaban J connectivity index is 1.54. The summed E-state index contributed by atoms with van der Waals surface area (Å²) in [5.41, 5.74) is 22.7. The predicted octanol–water partition coefficient (Wildman–Crippen LogP) is -9.75. The van der Waals surface area contributed by atoms with E-state index in [1.54, 1.807) is 44.2 Å². The number of hydrogen-bond acceptors (Lipinski definition) is 29. The van der Waals surface area contributed by atoms with Crippen molar-refractivity contribution < 1.29 is 136 Å². The van der Waals surface area contributed by atoms with Crippen molar-refractivity contribution in [2.75, 3.05) is 52.4 Å². The molecule has 2 saturated heterocycles. The lowest BCUT2D eigenvalue weighted by molar-refractivity contribution is -0.310. The molecule has 1 aromatic heterocycles. The van der Waals surface area contributed by atoms with Gasteiger partial charge in [-0.2, -0.15) is 0 Å². The Kier molecular flexibility index (Phi) is 41.9. The summed E-state index contributed by atoms with van der Waals surface area (Å²) in [7, 11) is 0. The van der Waals surface area contributed by atoms with Crippen LogP contribution < -0.4 is 86.7 Å². The Morgan fingerprint density at radius 1 is 0.598 bits per heavy atom. The number of carboxylic acid groups (broad SMARTS) is 3. The van der Waals surface area contributed by atoms with Gasteiger partial charge in [0.15, 0.2) is 18.0 Å². The van der Waals surface area contributed by atoms with Gasteiger partial charge in [-0.05, 0) is 96.1 Å². The highest BCUT2D eigenvalue weighted by Gasteiger charge is 2.46. The normalized spacial score (nSPS) is 19.2. The molecule has 0 unspecified atom stereocenters. The number of nitrogens with zero attached hydrogens (tertiary/aromatic N) is 2. The molecule has 0 spiro atoms. The number of nitrogens with one attached hydrogen (secondary N) is 12. The van der Waals surface area contributed by atoms with Gasteiger partial charge in [0.05, 0.1) is 51.5 Å². The highest BCUT2D eigenvalue weighted by Crippen LogP contribution is 2.25. The van der Waals surface area contributed by atoms with Gasteiger partial charge in [0, 0.05) is 38.8 Å². The van der Waals surface area contributed by atoms with Crippen LogP contribution in [-0.2, 0) is 99.2 Å². The van der Waals surface area contributed by atoms with Crippen molar-refractivity contribution in [2.45, 2.75) is 228 Å². The number of hydrogen-bond donors (Lipinski definition) is 24. The number of aliphatic hydroxyl groups excluding tert-OH is 5. The maximum absolute atomic E-state index is 14.6. The Bertz CT molecular complexity index is 3740. The minimum atomic E-state index is -1.90. The Morgan fingerprint density at radius 3 is 1.70 bits per heavy atom. The molecule has 28 N–H and O–H groups in total. The zero-order valence-corrected chi connectivity index (χ0v) is 65.1. The summed E-state index contributed by atoms with van der Waals surface area (Å²) in [6, 6.07) is -5.26. The number of likely N-dealkylation sites (tertiary alicyclic amines) is 1. The summed E-state index contributed by atoms with van der Waals surface area (Å²) in [5.74, 6) is -18.9. The molecule has 2 aliphatic rings. The first kappa shape index (κ1) is 98.4. The van der Waals surface area contributed by atoms with E-state index < -0.39 is 294 Å². The fraction of sp³-hybridized carbons (Fsp3) is 0.634. The van der Waals surface area contributed by atoms with Crippen LogP contribution >= 0.6 is 0 Å². The number of carbonyl (C=O) groups is 17. The molecule has 3 heterocycles. The topological polar surface area (TPSA) is 748 Å². The molecule has 46 nitrogen and oxygen atoms in total. The maximum Gasteiger partial charge on any atom is 0.328 e. The molecule has 652 valence electrons. The number of unbranched alkanes of at least 4 members (excludes halogenated alkanes) is 1. The minimum Gasteiger partial charge on any atom is -0.481 e. The van der Waals surface area contributed by atoms with Gasteiger partial charge in [0.2, 0.25) is 82.7 Å². The van der Waals surface area contributed by atoms with E-state index in [4.69, 9.17) is 36.8 Å². The average molecular weight is 1660 g/mol. The number of benzene rings is 1. The van der Waals surface area contributed by atoms with Gasteiger partial charge in [0.25, 0.3) is 5.91 Å². The number of aliphatic carboxylic acids is 3. The number of aliphatic hydroxyl groups is 5. The highest BCUT2D eigenvalue weighted by atomic mass is 16.7. The lowest BCUT2D eigenvalue weighted by Gasteiger charge is -2.40. The number of aromatic nitrogens is 1. The van der Waals surface area contributed by atoms with Gasteiger partial charge in [-0.3, -0.25) is 76.7 Å². The molecule has 0 saturated carbocycles. The van der Waals surface area contributed by atoms with Crippen molar-refractivity contribution in [3.63, 3.8) is 0 Å². The van der Waals surface area contributed by atoms with Crippen LogP contribution in [-0.4, -0.2) is 301 Å². The van der Waals surface area contributed by atoms with Crippen LogP contribution in [0.3, 0.4) is 0 Å². The van der Waals surface area contributed by atoms with Crippen molar-refractivity contribution in [3.05, 3.63) is 53.2 Å². The van der Waals surface area contributed by atoms with E-state index in [0.29, 0.717) is 18.4 Å². The first-order valence-corrected chi connectivity index (χ1v) is 37.9. The third-order valence-electron chi connectivity index (χ3n) is 18.8. The lowest BCUT2D eigenvalue weighted by atomic mass is 9.98. The SMILES string of the molecule is CC[C@H](C)[C@H](NC(=O)CN)C(=O)N[C@@H](C)C(=O)NCc1nc(C(=O)N[C@@H](CC[C@H](CN)O[C@@H]2O[C@H](CO)[C@H](O)[C@H](O)[C@H]2O)C(=O)NCC(=O)N[C@@H](CCC(=O)O)C(=O)N[C@@H](CCC(N)=O)C(=O)NCC(=O)N2CCC[C@H]2C(=O)N[C@@H](CCCCN)C(=O)NCC(=O)N[C@@H](CCC(=O)O)C(=O)N[C@H](C(=O)O)[C@@H](C)O)c(Cc2ccccc2)o1. The van der Waals surface area contributed by atoms with Crippen LogP contribution in [0.2, 0.25) is 0 Å². The minimum absolute atomic E-state index is 0.0341. The molecule has 0 aliphatic carbocycles. The van der Waals surface area contributed by atoms with Crippen LogP contribution in [0, 0.1) is 5.92 Å². The smallest absolute Gasteiger partial charge is 0.328 e. The third-order valence-corrected chi connectivity index (χ3v) is 18.8. The van der Waals surface area contributed by atoms with Gasteiger partial charge in [0.1, 0.15) is 78.5 Å². The number of carboxylic acids is 3. The first-order valence-electron chi connectivity index (χ1n) is 37.9. The Hall–Kier alpha value is -11.0. The summed E-state index contributed by atoms with van der Waals surface area (Å²) in [4.78, 5) is 230. The van der Waals surface area contributed by atoms with E-state index in [1.807, 2.05) is 5.32 Å².